The lowest BCUT2D eigenvalue weighted by molar-refractivity contribution is 0.00818. The van der Waals surface area contributed by atoms with Gasteiger partial charge in [-0.2, -0.15) is 13.2 Å². The van der Waals surface area contributed by atoms with Crippen molar-refractivity contribution in [2.75, 3.05) is 0 Å². The molecule has 1 rings (SSSR count). The molecule has 0 saturated heterocycles. The molecule has 84 valence electrons. The maximum Gasteiger partial charge on any atom is 0.379 e. The van der Waals surface area contributed by atoms with Gasteiger partial charge in [0.15, 0.2) is 0 Å². The highest BCUT2D eigenvalue weighted by Gasteiger charge is 2.11. The third-order valence-electron chi connectivity index (χ3n) is 1.18. The second-order valence-electron chi connectivity index (χ2n) is 2.15. The third-order valence-corrected chi connectivity index (χ3v) is 1.81. The predicted octanol–water partition coefficient (Wildman–Crippen LogP) is 3.87. The first kappa shape index (κ1) is 14.1. The smallest absolute Gasteiger partial charge is 0.379 e. The summed E-state index contributed by atoms with van der Waals surface area (Å²) in [7, 11) is 0. The molecule has 1 N–H and O–H groups in total. The largest absolute Gasteiger partial charge is 0.478 e. The molecule has 0 bridgehead atoms. The molecule has 0 radical (unpaired) electrons. The van der Waals surface area contributed by atoms with Crippen molar-refractivity contribution in [2.24, 2.45) is 0 Å². The van der Waals surface area contributed by atoms with Crippen LogP contribution in [0, 0.1) is 0 Å². The van der Waals surface area contributed by atoms with Crippen LogP contribution in [0.4, 0.5) is 13.2 Å². The SMILES string of the molecule is FC(F)F.O=C(O)c1c(Cl)cccc1Cl. The first-order valence-electron chi connectivity index (χ1n) is 3.45. The van der Waals surface area contributed by atoms with Crippen LogP contribution in [0.15, 0.2) is 18.2 Å². The lowest BCUT2D eigenvalue weighted by Crippen LogP contribution is -1.97. The third kappa shape index (κ3) is 5.49. The highest BCUT2D eigenvalue weighted by atomic mass is 35.5. The Bertz CT molecular complexity index is 322. The molecule has 0 atom stereocenters. The molecule has 1 aromatic rings. The fraction of sp³-hybridized carbons (Fsp3) is 0.125. The molecule has 2 nitrogen and oxygen atoms in total. The van der Waals surface area contributed by atoms with Crippen molar-refractivity contribution in [1.82, 2.24) is 0 Å². The van der Waals surface area contributed by atoms with Crippen LogP contribution in [0.2, 0.25) is 10.0 Å². The number of hydrogen-bond donors (Lipinski definition) is 1. The quantitative estimate of drug-likeness (QED) is 0.833. The summed E-state index contributed by atoms with van der Waals surface area (Å²) in [6, 6.07) is 4.56. The number of carboxylic acid groups (broad SMARTS) is 1. The van der Waals surface area contributed by atoms with E-state index in [9.17, 15) is 18.0 Å². The number of carboxylic acids is 1. The number of aromatic carboxylic acids is 1. The fourth-order valence-corrected chi connectivity index (χ4v) is 1.26. The van der Waals surface area contributed by atoms with Crippen LogP contribution in [-0.4, -0.2) is 17.8 Å². The average molecular weight is 261 g/mol. The van der Waals surface area contributed by atoms with E-state index in [0.717, 1.165) is 0 Å². The summed E-state index contributed by atoms with van der Waals surface area (Å²) in [5, 5.41) is 8.89. The zero-order valence-electron chi connectivity index (χ0n) is 7.05. The lowest BCUT2D eigenvalue weighted by atomic mass is 10.2. The van der Waals surface area contributed by atoms with Gasteiger partial charge in [-0.1, -0.05) is 29.3 Å². The summed E-state index contributed by atoms with van der Waals surface area (Å²) in [5.41, 5.74) is -0.0455. The number of rotatable bonds is 1. The average Bonchev–Trinajstić information content (AvgIpc) is 2.01. The van der Waals surface area contributed by atoms with Gasteiger partial charge in [0.25, 0.3) is 0 Å². The monoisotopic (exact) mass is 260 g/mol. The van der Waals surface area contributed by atoms with Crippen LogP contribution in [-0.2, 0) is 0 Å². The number of alkyl halides is 3. The molecule has 0 fully saturated rings. The maximum atomic E-state index is 10.5. The van der Waals surface area contributed by atoms with E-state index in [0.29, 0.717) is 0 Å². The molecule has 0 heterocycles. The van der Waals surface area contributed by atoms with E-state index >= 15 is 0 Å². The molecule has 0 amide bonds. The van der Waals surface area contributed by atoms with Crippen LogP contribution in [0.3, 0.4) is 0 Å². The summed E-state index contributed by atoms with van der Waals surface area (Å²) in [5.74, 6) is -1.11. The van der Waals surface area contributed by atoms with E-state index in [-0.39, 0.29) is 15.6 Å². The second-order valence-corrected chi connectivity index (χ2v) is 2.96. The molecule has 15 heavy (non-hydrogen) atoms. The Balaban J connectivity index is 0.000000423. The Kier molecular flexibility index (Phi) is 6.12. The number of halogens is 5. The first-order valence-corrected chi connectivity index (χ1v) is 4.21. The molecule has 0 spiro atoms. The van der Waals surface area contributed by atoms with Crippen LogP contribution in [0.5, 0.6) is 0 Å². The van der Waals surface area contributed by atoms with Crippen LogP contribution < -0.4 is 0 Å². The van der Waals surface area contributed by atoms with Gasteiger partial charge in [0.05, 0.1) is 15.6 Å². The van der Waals surface area contributed by atoms with E-state index in [2.05, 4.69) is 0 Å². The Hall–Kier alpha value is -0.940. The van der Waals surface area contributed by atoms with Gasteiger partial charge in [0.1, 0.15) is 0 Å². The maximum absolute atomic E-state index is 10.5. The summed E-state index contributed by atoms with van der Waals surface area (Å²) < 4.78 is 29.0. The highest BCUT2D eigenvalue weighted by molar-refractivity contribution is 6.39. The van der Waals surface area contributed by atoms with Gasteiger partial charge < -0.3 is 5.11 Å². The number of carbonyl (C=O) groups is 1. The van der Waals surface area contributed by atoms with Crippen LogP contribution in [0.25, 0.3) is 0 Å². The Morgan fingerprint density at radius 2 is 1.53 bits per heavy atom. The van der Waals surface area contributed by atoms with E-state index in [1.165, 1.54) is 12.1 Å². The summed E-state index contributed by atoms with van der Waals surface area (Å²) in [6.07, 6.45) is 0. The van der Waals surface area contributed by atoms with Crippen molar-refractivity contribution in [3.05, 3.63) is 33.8 Å². The summed E-state index contributed by atoms with van der Waals surface area (Å²) in [4.78, 5) is 10.5. The second kappa shape index (κ2) is 6.53. The Labute approximate surface area is 93.2 Å². The van der Waals surface area contributed by atoms with Crippen molar-refractivity contribution in [3.8, 4) is 0 Å². The van der Waals surface area contributed by atoms with Gasteiger partial charge >= 0.3 is 12.6 Å². The van der Waals surface area contributed by atoms with Gasteiger partial charge in [-0.3, -0.25) is 0 Å². The molecule has 0 saturated carbocycles. The lowest BCUT2D eigenvalue weighted by Gasteiger charge is -1.98. The molecule has 0 unspecified atom stereocenters. The van der Waals surface area contributed by atoms with Crippen molar-refractivity contribution < 1.29 is 23.1 Å². The number of benzene rings is 1. The van der Waals surface area contributed by atoms with Crippen molar-refractivity contribution >= 4 is 29.2 Å². The fourth-order valence-electron chi connectivity index (χ4n) is 0.702. The minimum absolute atomic E-state index is 0.0455. The van der Waals surface area contributed by atoms with Gasteiger partial charge in [0.2, 0.25) is 0 Å². The van der Waals surface area contributed by atoms with Crippen LogP contribution >= 0.6 is 23.2 Å². The van der Waals surface area contributed by atoms with E-state index in [1.807, 2.05) is 0 Å². The summed E-state index contributed by atoms with van der Waals surface area (Å²) >= 11 is 11.1. The predicted molar refractivity (Wildman–Crippen MR) is 50.5 cm³/mol. The molecule has 7 heteroatoms. The zero-order valence-corrected chi connectivity index (χ0v) is 8.57. The van der Waals surface area contributed by atoms with Gasteiger partial charge in [-0.05, 0) is 12.1 Å². The van der Waals surface area contributed by atoms with Gasteiger partial charge in [-0.15, -0.1) is 0 Å². The van der Waals surface area contributed by atoms with Crippen LogP contribution in [0.1, 0.15) is 10.4 Å². The van der Waals surface area contributed by atoms with Gasteiger partial charge in [0, 0.05) is 0 Å². The molecule has 0 aliphatic heterocycles. The molecule has 1 aromatic carbocycles. The summed E-state index contributed by atoms with van der Waals surface area (Å²) in [6.45, 7) is -3.67. The Morgan fingerprint density at radius 1 is 1.20 bits per heavy atom. The van der Waals surface area contributed by atoms with E-state index in [1.54, 1.807) is 6.07 Å². The highest BCUT2D eigenvalue weighted by Crippen LogP contribution is 2.23. The zero-order chi connectivity index (χ0) is 12.0. The molecule has 0 aromatic heterocycles. The normalized spacial score (nSPS) is 9.47. The standard InChI is InChI=1S/C7H4Cl2O2.CHF3/c8-4-2-1-3-5(9)6(4)7(10)11;2-1(3)4/h1-3H,(H,10,11);1H. The molecular weight excluding hydrogens is 256 g/mol. The van der Waals surface area contributed by atoms with Gasteiger partial charge in [-0.25, -0.2) is 4.79 Å². The van der Waals surface area contributed by atoms with E-state index < -0.39 is 12.6 Å². The Morgan fingerprint density at radius 3 is 1.73 bits per heavy atom. The molecule has 0 aliphatic carbocycles. The van der Waals surface area contributed by atoms with Crippen molar-refractivity contribution in [3.63, 3.8) is 0 Å². The minimum atomic E-state index is -3.67. The minimum Gasteiger partial charge on any atom is -0.478 e. The first-order chi connectivity index (χ1) is 6.86. The van der Waals surface area contributed by atoms with E-state index in [4.69, 9.17) is 28.3 Å². The molecular formula is C8H5Cl2F3O2. The van der Waals surface area contributed by atoms with Crippen molar-refractivity contribution in [1.29, 1.82) is 0 Å². The number of hydrogen-bond acceptors (Lipinski definition) is 1. The van der Waals surface area contributed by atoms with Crippen molar-refractivity contribution in [2.45, 2.75) is 6.68 Å². The topological polar surface area (TPSA) is 37.3 Å². The molecule has 0 aliphatic rings.